The molecule has 0 saturated carbocycles. The van der Waals surface area contributed by atoms with Gasteiger partial charge in [-0.15, -0.1) is 0 Å². The highest BCUT2D eigenvalue weighted by Gasteiger charge is 2.15. The standard InChI is InChI=1S/C11H16FN3O/c1-3-7-15(2)9-6-4-5-8(12)10(9)11(13)14-16/h4-6,16H,3,7H2,1-2H3,(H2,13,14). The lowest BCUT2D eigenvalue weighted by Crippen LogP contribution is -2.24. The minimum absolute atomic E-state index is 0.140. The molecule has 0 heterocycles. The predicted octanol–water partition coefficient (Wildman–Crippen LogP) is 1.77. The van der Waals surface area contributed by atoms with Gasteiger partial charge in [-0.1, -0.05) is 18.1 Å². The maximum absolute atomic E-state index is 13.6. The van der Waals surface area contributed by atoms with Crippen molar-refractivity contribution in [3.63, 3.8) is 0 Å². The SMILES string of the molecule is CCCN(C)c1cccc(F)c1C(N)=NO. The molecule has 0 aliphatic carbocycles. The summed E-state index contributed by atoms with van der Waals surface area (Å²) in [5.74, 6) is -0.702. The summed E-state index contributed by atoms with van der Waals surface area (Å²) in [7, 11) is 1.84. The quantitative estimate of drug-likeness (QED) is 0.355. The molecule has 16 heavy (non-hydrogen) atoms. The number of amidine groups is 1. The molecule has 0 saturated heterocycles. The molecule has 5 heteroatoms. The Morgan fingerprint density at radius 1 is 1.56 bits per heavy atom. The zero-order valence-electron chi connectivity index (χ0n) is 9.44. The molecule has 0 aliphatic rings. The van der Waals surface area contributed by atoms with Gasteiger partial charge in [0.1, 0.15) is 5.82 Å². The van der Waals surface area contributed by atoms with E-state index < -0.39 is 5.82 Å². The maximum Gasteiger partial charge on any atom is 0.175 e. The lowest BCUT2D eigenvalue weighted by atomic mass is 10.1. The van der Waals surface area contributed by atoms with Crippen LogP contribution < -0.4 is 10.6 Å². The fraction of sp³-hybridized carbons (Fsp3) is 0.364. The summed E-state index contributed by atoms with van der Waals surface area (Å²) < 4.78 is 13.6. The second-order valence-corrected chi connectivity index (χ2v) is 3.54. The van der Waals surface area contributed by atoms with E-state index in [0.29, 0.717) is 5.69 Å². The molecule has 0 bridgehead atoms. The molecule has 0 radical (unpaired) electrons. The van der Waals surface area contributed by atoms with Gasteiger partial charge in [-0.05, 0) is 18.6 Å². The van der Waals surface area contributed by atoms with Crippen LogP contribution >= 0.6 is 0 Å². The number of anilines is 1. The number of benzene rings is 1. The van der Waals surface area contributed by atoms with Gasteiger partial charge in [-0.25, -0.2) is 4.39 Å². The highest BCUT2D eigenvalue weighted by atomic mass is 19.1. The number of hydrogen-bond acceptors (Lipinski definition) is 3. The highest BCUT2D eigenvalue weighted by Crippen LogP contribution is 2.22. The highest BCUT2D eigenvalue weighted by molar-refractivity contribution is 6.02. The van der Waals surface area contributed by atoms with Crippen LogP contribution in [0.1, 0.15) is 18.9 Å². The van der Waals surface area contributed by atoms with Crippen LogP contribution in [0.5, 0.6) is 0 Å². The van der Waals surface area contributed by atoms with Crippen molar-refractivity contribution in [3.8, 4) is 0 Å². The first-order valence-corrected chi connectivity index (χ1v) is 5.09. The van der Waals surface area contributed by atoms with E-state index in [9.17, 15) is 4.39 Å². The topological polar surface area (TPSA) is 61.8 Å². The lowest BCUT2D eigenvalue weighted by Gasteiger charge is -2.21. The van der Waals surface area contributed by atoms with Crippen molar-refractivity contribution in [2.75, 3.05) is 18.5 Å². The van der Waals surface area contributed by atoms with Gasteiger partial charge >= 0.3 is 0 Å². The van der Waals surface area contributed by atoms with E-state index in [2.05, 4.69) is 5.16 Å². The number of nitrogens with two attached hydrogens (primary N) is 1. The fourth-order valence-corrected chi connectivity index (χ4v) is 1.59. The molecule has 0 amide bonds. The van der Waals surface area contributed by atoms with Gasteiger partial charge in [-0.2, -0.15) is 0 Å². The van der Waals surface area contributed by atoms with Crippen molar-refractivity contribution in [2.45, 2.75) is 13.3 Å². The normalized spacial score (nSPS) is 11.6. The molecular formula is C11H16FN3O. The van der Waals surface area contributed by atoms with Gasteiger partial charge < -0.3 is 15.8 Å². The molecule has 0 spiro atoms. The van der Waals surface area contributed by atoms with E-state index in [1.807, 2.05) is 18.9 Å². The first-order chi connectivity index (χ1) is 7.61. The van der Waals surface area contributed by atoms with Gasteiger partial charge in [0.15, 0.2) is 5.84 Å². The molecule has 0 fully saturated rings. The average molecular weight is 225 g/mol. The van der Waals surface area contributed by atoms with Gasteiger partial charge in [0, 0.05) is 13.6 Å². The van der Waals surface area contributed by atoms with Crippen LogP contribution in [0.3, 0.4) is 0 Å². The van der Waals surface area contributed by atoms with Crippen LogP contribution in [-0.4, -0.2) is 24.6 Å². The Bertz CT molecular complexity index is 393. The number of oxime groups is 1. The largest absolute Gasteiger partial charge is 0.409 e. The maximum atomic E-state index is 13.6. The summed E-state index contributed by atoms with van der Waals surface area (Å²) in [5.41, 5.74) is 6.23. The fourth-order valence-electron chi connectivity index (χ4n) is 1.59. The minimum atomic E-state index is -0.490. The number of rotatable bonds is 4. The summed E-state index contributed by atoms with van der Waals surface area (Å²) in [4.78, 5) is 1.87. The third-order valence-corrected chi connectivity index (χ3v) is 2.33. The first-order valence-electron chi connectivity index (χ1n) is 5.09. The molecule has 0 aromatic heterocycles. The predicted molar refractivity (Wildman–Crippen MR) is 62.5 cm³/mol. The Balaban J connectivity index is 3.23. The third-order valence-electron chi connectivity index (χ3n) is 2.33. The molecule has 1 rings (SSSR count). The van der Waals surface area contributed by atoms with Crippen molar-refractivity contribution >= 4 is 11.5 Å². The second kappa shape index (κ2) is 5.34. The van der Waals surface area contributed by atoms with E-state index in [4.69, 9.17) is 10.9 Å². The average Bonchev–Trinajstić information content (AvgIpc) is 2.28. The number of halogens is 1. The van der Waals surface area contributed by atoms with Gasteiger partial charge in [0.2, 0.25) is 0 Å². The molecule has 0 aliphatic heterocycles. The van der Waals surface area contributed by atoms with Crippen LogP contribution in [0.15, 0.2) is 23.4 Å². The van der Waals surface area contributed by atoms with Crippen LogP contribution in [0.4, 0.5) is 10.1 Å². The zero-order valence-corrected chi connectivity index (χ0v) is 9.44. The molecule has 3 N–H and O–H groups in total. The molecule has 0 unspecified atom stereocenters. The van der Waals surface area contributed by atoms with E-state index in [1.54, 1.807) is 12.1 Å². The Kier molecular flexibility index (Phi) is 4.10. The number of nitrogens with zero attached hydrogens (tertiary/aromatic N) is 2. The van der Waals surface area contributed by atoms with Crippen molar-refractivity contribution in [3.05, 3.63) is 29.6 Å². The molecule has 1 aromatic rings. The Hall–Kier alpha value is -1.78. The summed E-state index contributed by atoms with van der Waals surface area (Å²) >= 11 is 0. The third kappa shape index (κ3) is 2.42. The van der Waals surface area contributed by atoms with Crippen molar-refractivity contribution < 1.29 is 9.60 Å². The van der Waals surface area contributed by atoms with Crippen LogP contribution in [0.25, 0.3) is 0 Å². The zero-order chi connectivity index (χ0) is 12.1. The summed E-state index contributed by atoms with van der Waals surface area (Å²) in [6.45, 7) is 2.80. The first kappa shape index (κ1) is 12.3. The Morgan fingerprint density at radius 2 is 2.25 bits per heavy atom. The van der Waals surface area contributed by atoms with E-state index in [-0.39, 0.29) is 11.4 Å². The van der Waals surface area contributed by atoms with Crippen molar-refractivity contribution in [1.29, 1.82) is 0 Å². The van der Waals surface area contributed by atoms with Crippen LogP contribution in [0, 0.1) is 5.82 Å². The van der Waals surface area contributed by atoms with E-state index in [1.165, 1.54) is 6.07 Å². The van der Waals surface area contributed by atoms with Crippen LogP contribution in [0.2, 0.25) is 0 Å². The Morgan fingerprint density at radius 3 is 2.81 bits per heavy atom. The van der Waals surface area contributed by atoms with E-state index in [0.717, 1.165) is 13.0 Å². The Labute approximate surface area is 94.2 Å². The van der Waals surface area contributed by atoms with Gasteiger partial charge in [-0.3, -0.25) is 0 Å². The molecule has 88 valence electrons. The van der Waals surface area contributed by atoms with E-state index >= 15 is 0 Å². The second-order valence-electron chi connectivity index (χ2n) is 3.54. The van der Waals surface area contributed by atoms with Crippen molar-refractivity contribution in [1.82, 2.24) is 0 Å². The monoisotopic (exact) mass is 225 g/mol. The minimum Gasteiger partial charge on any atom is -0.409 e. The number of hydrogen-bond donors (Lipinski definition) is 2. The molecule has 4 nitrogen and oxygen atoms in total. The molecular weight excluding hydrogens is 209 g/mol. The van der Waals surface area contributed by atoms with Gasteiger partial charge in [0.25, 0.3) is 0 Å². The van der Waals surface area contributed by atoms with Crippen molar-refractivity contribution in [2.24, 2.45) is 10.9 Å². The molecule has 1 aromatic carbocycles. The lowest BCUT2D eigenvalue weighted by molar-refractivity contribution is 0.318. The summed E-state index contributed by atoms with van der Waals surface area (Å²) in [6.07, 6.45) is 0.933. The smallest absolute Gasteiger partial charge is 0.175 e. The van der Waals surface area contributed by atoms with Crippen LogP contribution in [-0.2, 0) is 0 Å². The summed E-state index contributed by atoms with van der Waals surface area (Å²) in [6, 6.07) is 4.63. The summed E-state index contributed by atoms with van der Waals surface area (Å²) in [5, 5.41) is 11.5. The van der Waals surface area contributed by atoms with Gasteiger partial charge in [0.05, 0.1) is 11.3 Å². The molecule has 0 atom stereocenters.